The molecule has 0 aromatic carbocycles. The first kappa shape index (κ1) is 15.8. The van der Waals surface area contributed by atoms with Crippen molar-refractivity contribution >= 4 is 17.4 Å². The fourth-order valence-corrected chi connectivity index (χ4v) is 2.09. The number of anilines is 1. The van der Waals surface area contributed by atoms with Gasteiger partial charge in [0.25, 0.3) is 0 Å². The number of nitrogens with zero attached hydrogens (tertiary/aromatic N) is 3. The molecule has 1 N–H and O–H groups in total. The fraction of sp³-hybridized carbons (Fsp3) is 0.533. The van der Waals surface area contributed by atoms with E-state index >= 15 is 0 Å². The molecule has 0 saturated heterocycles. The number of aromatic nitrogens is 3. The van der Waals surface area contributed by atoms with Gasteiger partial charge in [0.05, 0.1) is 5.69 Å². The van der Waals surface area contributed by atoms with Crippen LogP contribution in [0, 0.1) is 20.8 Å². The Balaban J connectivity index is 2.30. The second-order valence-corrected chi connectivity index (χ2v) is 6.58. The normalized spacial score (nSPS) is 11.8. The van der Waals surface area contributed by atoms with Gasteiger partial charge in [0.2, 0.25) is 0 Å². The zero-order valence-corrected chi connectivity index (χ0v) is 14.1. The summed E-state index contributed by atoms with van der Waals surface area (Å²) in [6, 6.07) is 0. The summed E-state index contributed by atoms with van der Waals surface area (Å²) < 4.78 is 5.17. The molecule has 114 valence electrons. The van der Waals surface area contributed by atoms with E-state index < -0.39 is 0 Å². The molecule has 0 radical (unpaired) electrons. The number of nitrogens with one attached hydrogen (secondary N) is 1. The third-order valence-electron chi connectivity index (χ3n) is 3.37. The Morgan fingerprint density at radius 1 is 1.14 bits per heavy atom. The van der Waals surface area contributed by atoms with Crippen molar-refractivity contribution in [3.8, 4) is 0 Å². The number of aryl methyl sites for hydroxylation is 2. The van der Waals surface area contributed by atoms with Crippen LogP contribution in [0.15, 0.2) is 4.52 Å². The minimum Gasteiger partial charge on any atom is -0.365 e. The van der Waals surface area contributed by atoms with Crippen molar-refractivity contribution in [1.82, 2.24) is 15.1 Å². The van der Waals surface area contributed by atoms with Crippen LogP contribution in [0.3, 0.4) is 0 Å². The van der Waals surface area contributed by atoms with Crippen LogP contribution in [0.1, 0.15) is 49.2 Å². The van der Waals surface area contributed by atoms with Gasteiger partial charge in [-0.1, -0.05) is 37.5 Å². The molecule has 2 aromatic heterocycles. The van der Waals surface area contributed by atoms with E-state index in [1.807, 2.05) is 20.8 Å². The monoisotopic (exact) mass is 308 g/mol. The molecular weight excluding hydrogens is 288 g/mol. The molecule has 0 spiro atoms. The molecule has 0 aliphatic rings. The highest BCUT2D eigenvalue weighted by Gasteiger charge is 2.21. The molecular formula is C15H21ClN4O. The largest absolute Gasteiger partial charge is 0.365 e. The topological polar surface area (TPSA) is 63.8 Å². The van der Waals surface area contributed by atoms with Crippen molar-refractivity contribution in [2.24, 2.45) is 0 Å². The molecule has 0 atom stereocenters. The highest BCUT2D eigenvalue weighted by atomic mass is 35.5. The van der Waals surface area contributed by atoms with Gasteiger partial charge in [0, 0.05) is 23.1 Å². The summed E-state index contributed by atoms with van der Waals surface area (Å²) in [4.78, 5) is 8.97. The predicted molar refractivity (Wildman–Crippen MR) is 83.8 cm³/mol. The lowest BCUT2D eigenvalue weighted by atomic mass is 9.95. The predicted octanol–water partition coefficient (Wildman–Crippen LogP) is 3.95. The van der Waals surface area contributed by atoms with E-state index in [9.17, 15) is 0 Å². The van der Waals surface area contributed by atoms with Crippen LogP contribution in [-0.4, -0.2) is 15.1 Å². The van der Waals surface area contributed by atoms with E-state index in [2.05, 4.69) is 41.2 Å². The Bertz CT molecular complexity index is 639. The SMILES string of the molecule is Cc1noc(C)c1CNc1nc(C(C)(C)C)nc(Cl)c1C. The van der Waals surface area contributed by atoms with E-state index in [0.717, 1.165) is 34.2 Å². The van der Waals surface area contributed by atoms with Crippen molar-refractivity contribution in [2.45, 2.75) is 53.5 Å². The summed E-state index contributed by atoms with van der Waals surface area (Å²) in [5.74, 6) is 2.29. The summed E-state index contributed by atoms with van der Waals surface area (Å²) >= 11 is 6.23. The average Bonchev–Trinajstić information content (AvgIpc) is 2.70. The number of hydrogen-bond donors (Lipinski definition) is 1. The van der Waals surface area contributed by atoms with Crippen molar-refractivity contribution in [2.75, 3.05) is 5.32 Å². The molecule has 2 aromatic rings. The van der Waals surface area contributed by atoms with Crippen LogP contribution in [0.25, 0.3) is 0 Å². The quantitative estimate of drug-likeness (QED) is 0.870. The molecule has 6 heteroatoms. The summed E-state index contributed by atoms with van der Waals surface area (Å²) in [5.41, 5.74) is 2.61. The van der Waals surface area contributed by atoms with Gasteiger partial charge in [-0.3, -0.25) is 0 Å². The summed E-state index contributed by atoms with van der Waals surface area (Å²) in [6.45, 7) is 12.5. The first-order valence-electron chi connectivity index (χ1n) is 6.90. The molecule has 2 rings (SSSR count). The second kappa shape index (κ2) is 5.64. The van der Waals surface area contributed by atoms with Gasteiger partial charge in [-0.25, -0.2) is 9.97 Å². The number of halogens is 1. The van der Waals surface area contributed by atoms with Gasteiger partial charge < -0.3 is 9.84 Å². The van der Waals surface area contributed by atoms with Crippen molar-refractivity contribution in [3.05, 3.63) is 33.6 Å². The molecule has 0 saturated carbocycles. The first-order valence-corrected chi connectivity index (χ1v) is 7.28. The minimum absolute atomic E-state index is 0.156. The molecule has 5 nitrogen and oxygen atoms in total. The maximum atomic E-state index is 6.23. The number of rotatable bonds is 3. The smallest absolute Gasteiger partial charge is 0.138 e. The Hall–Kier alpha value is -1.62. The van der Waals surface area contributed by atoms with Crippen LogP contribution in [0.2, 0.25) is 5.15 Å². The molecule has 0 amide bonds. The van der Waals surface area contributed by atoms with Crippen LogP contribution in [0.4, 0.5) is 5.82 Å². The van der Waals surface area contributed by atoms with Gasteiger partial charge in [-0.05, 0) is 20.8 Å². The lowest BCUT2D eigenvalue weighted by Gasteiger charge is -2.19. The molecule has 2 heterocycles. The average molecular weight is 309 g/mol. The zero-order chi connectivity index (χ0) is 15.8. The van der Waals surface area contributed by atoms with Gasteiger partial charge in [-0.15, -0.1) is 0 Å². The molecule has 21 heavy (non-hydrogen) atoms. The molecule has 0 bridgehead atoms. The standard InChI is InChI=1S/C15H21ClN4O/c1-8-12(16)18-14(15(4,5)6)19-13(8)17-7-11-9(2)20-21-10(11)3/h7H2,1-6H3,(H,17,18,19). The molecule has 0 fully saturated rings. The van der Waals surface area contributed by atoms with Crippen molar-refractivity contribution < 1.29 is 4.52 Å². The first-order chi connectivity index (χ1) is 9.70. The summed E-state index contributed by atoms with van der Waals surface area (Å²) in [5, 5.41) is 7.75. The molecule has 0 aliphatic carbocycles. The van der Waals surface area contributed by atoms with Gasteiger partial charge in [0.1, 0.15) is 22.6 Å². The van der Waals surface area contributed by atoms with Gasteiger partial charge in [0.15, 0.2) is 0 Å². The lowest BCUT2D eigenvalue weighted by molar-refractivity contribution is 0.392. The van der Waals surface area contributed by atoms with Crippen LogP contribution in [-0.2, 0) is 12.0 Å². The maximum absolute atomic E-state index is 6.23. The van der Waals surface area contributed by atoms with Crippen molar-refractivity contribution in [3.63, 3.8) is 0 Å². The van der Waals surface area contributed by atoms with Crippen LogP contribution < -0.4 is 5.32 Å². The van der Waals surface area contributed by atoms with Crippen molar-refractivity contribution in [1.29, 1.82) is 0 Å². The number of hydrogen-bond acceptors (Lipinski definition) is 5. The Morgan fingerprint density at radius 3 is 2.33 bits per heavy atom. The van der Waals surface area contributed by atoms with E-state index in [0.29, 0.717) is 11.7 Å². The fourth-order valence-electron chi connectivity index (χ4n) is 1.92. The third kappa shape index (κ3) is 3.35. The van der Waals surface area contributed by atoms with Crippen LogP contribution >= 0.6 is 11.6 Å². The lowest BCUT2D eigenvalue weighted by Crippen LogP contribution is -2.18. The second-order valence-electron chi connectivity index (χ2n) is 6.22. The van der Waals surface area contributed by atoms with E-state index in [-0.39, 0.29) is 5.41 Å². The summed E-state index contributed by atoms with van der Waals surface area (Å²) in [6.07, 6.45) is 0. The van der Waals surface area contributed by atoms with Crippen LogP contribution in [0.5, 0.6) is 0 Å². The zero-order valence-electron chi connectivity index (χ0n) is 13.3. The highest BCUT2D eigenvalue weighted by Crippen LogP contribution is 2.26. The highest BCUT2D eigenvalue weighted by molar-refractivity contribution is 6.30. The van der Waals surface area contributed by atoms with E-state index in [4.69, 9.17) is 16.1 Å². The molecule has 0 aliphatic heterocycles. The maximum Gasteiger partial charge on any atom is 0.138 e. The molecule has 0 unspecified atom stereocenters. The Labute approximate surface area is 130 Å². The minimum atomic E-state index is -0.156. The Kier molecular flexibility index (Phi) is 4.23. The Morgan fingerprint density at radius 2 is 1.81 bits per heavy atom. The third-order valence-corrected chi connectivity index (χ3v) is 3.74. The van der Waals surface area contributed by atoms with E-state index in [1.54, 1.807) is 0 Å². The van der Waals surface area contributed by atoms with Gasteiger partial charge >= 0.3 is 0 Å². The van der Waals surface area contributed by atoms with E-state index in [1.165, 1.54) is 0 Å². The van der Waals surface area contributed by atoms with Gasteiger partial charge in [-0.2, -0.15) is 0 Å². The summed E-state index contributed by atoms with van der Waals surface area (Å²) in [7, 11) is 0.